The van der Waals surface area contributed by atoms with Crippen LogP contribution in [0, 0.1) is 0 Å². The average Bonchev–Trinajstić information content (AvgIpc) is 2.59. The van der Waals surface area contributed by atoms with Gasteiger partial charge in [0.15, 0.2) is 0 Å². The van der Waals surface area contributed by atoms with Gasteiger partial charge in [0, 0.05) is 19.2 Å². The number of aryl methyl sites for hydroxylation is 1. The van der Waals surface area contributed by atoms with Crippen molar-refractivity contribution in [1.82, 2.24) is 0 Å². The molecule has 0 aromatic heterocycles. The van der Waals surface area contributed by atoms with Gasteiger partial charge in [0.05, 0.1) is 16.7 Å². The van der Waals surface area contributed by atoms with Gasteiger partial charge in [-0.25, -0.2) is 8.42 Å². The topological polar surface area (TPSA) is 75.7 Å². The number of nitrogens with one attached hydrogen (secondary N) is 1. The zero-order valence-corrected chi connectivity index (χ0v) is 15.8. The predicted molar refractivity (Wildman–Crippen MR) is 101 cm³/mol. The van der Waals surface area contributed by atoms with E-state index in [9.17, 15) is 13.2 Å². The van der Waals surface area contributed by atoms with Crippen molar-refractivity contribution in [3.63, 3.8) is 0 Å². The molecule has 0 saturated heterocycles. The Labute approximate surface area is 153 Å². The SMILES string of the molecule is CC(C)Oc1ccccc1NS(=O)(=O)c1ccc2c(c1)CCC(=O)N2C. The number of amides is 1. The Balaban J connectivity index is 1.92. The number of carbonyl (C=O) groups is 1. The van der Waals surface area contributed by atoms with E-state index in [2.05, 4.69) is 4.72 Å². The minimum Gasteiger partial charge on any atom is -0.489 e. The monoisotopic (exact) mass is 374 g/mol. The van der Waals surface area contributed by atoms with E-state index in [1.807, 2.05) is 13.8 Å². The molecule has 0 unspecified atom stereocenters. The first-order valence-electron chi connectivity index (χ1n) is 8.46. The molecule has 3 rings (SSSR count). The maximum atomic E-state index is 12.8. The molecule has 0 saturated carbocycles. The minimum absolute atomic E-state index is 0.0333. The first kappa shape index (κ1) is 18.3. The third-order valence-electron chi connectivity index (χ3n) is 4.20. The lowest BCUT2D eigenvalue weighted by atomic mass is 10.0. The van der Waals surface area contributed by atoms with Crippen LogP contribution in [0.5, 0.6) is 5.75 Å². The number of hydrogen-bond donors (Lipinski definition) is 1. The van der Waals surface area contributed by atoms with E-state index in [1.165, 1.54) is 6.07 Å². The number of sulfonamides is 1. The molecule has 7 heteroatoms. The normalized spacial score (nSPS) is 14.3. The van der Waals surface area contributed by atoms with Gasteiger partial charge >= 0.3 is 0 Å². The summed E-state index contributed by atoms with van der Waals surface area (Å²) in [6.45, 7) is 3.76. The average molecular weight is 374 g/mol. The summed E-state index contributed by atoms with van der Waals surface area (Å²) in [5.41, 5.74) is 2.00. The Morgan fingerprint density at radius 3 is 2.58 bits per heavy atom. The molecule has 1 aliphatic rings. The lowest BCUT2D eigenvalue weighted by Crippen LogP contribution is -2.31. The summed E-state index contributed by atoms with van der Waals surface area (Å²) in [6.07, 6.45) is 0.845. The number of benzene rings is 2. The first-order valence-corrected chi connectivity index (χ1v) is 9.94. The van der Waals surface area contributed by atoms with Crippen molar-refractivity contribution in [2.24, 2.45) is 0 Å². The fourth-order valence-electron chi connectivity index (χ4n) is 2.91. The van der Waals surface area contributed by atoms with Crippen LogP contribution in [0.3, 0.4) is 0 Å². The standard InChI is InChI=1S/C19H22N2O4S/c1-13(2)25-18-7-5-4-6-16(18)20-26(23,24)15-9-10-17-14(12-15)8-11-19(22)21(17)3/h4-7,9-10,12-13,20H,8,11H2,1-3H3. The molecule has 2 aromatic carbocycles. The number of para-hydroxylation sites is 2. The molecular formula is C19H22N2O4S. The minimum atomic E-state index is -3.77. The number of rotatable bonds is 5. The van der Waals surface area contributed by atoms with Crippen LogP contribution >= 0.6 is 0 Å². The van der Waals surface area contributed by atoms with E-state index in [0.29, 0.717) is 24.3 Å². The van der Waals surface area contributed by atoms with Gasteiger partial charge in [-0.15, -0.1) is 0 Å². The van der Waals surface area contributed by atoms with Gasteiger partial charge < -0.3 is 9.64 Å². The fourth-order valence-corrected chi connectivity index (χ4v) is 4.03. The molecular weight excluding hydrogens is 352 g/mol. The van der Waals surface area contributed by atoms with Gasteiger partial charge in [0.25, 0.3) is 10.0 Å². The second-order valence-electron chi connectivity index (χ2n) is 6.51. The Morgan fingerprint density at radius 2 is 1.85 bits per heavy atom. The Kier molecular flexibility index (Phi) is 4.91. The Hall–Kier alpha value is -2.54. The van der Waals surface area contributed by atoms with Crippen molar-refractivity contribution in [2.45, 2.75) is 37.7 Å². The quantitative estimate of drug-likeness (QED) is 0.872. The summed E-state index contributed by atoms with van der Waals surface area (Å²) in [5, 5.41) is 0. The van der Waals surface area contributed by atoms with Crippen LogP contribution in [0.2, 0.25) is 0 Å². The smallest absolute Gasteiger partial charge is 0.262 e. The van der Waals surface area contributed by atoms with Gasteiger partial charge in [-0.3, -0.25) is 9.52 Å². The maximum Gasteiger partial charge on any atom is 0.262 e. The molecule has 0 radical (unpaired) electrons. The lowest BCUT2D eigenvalue weighted by molar-refractivity contribution is -0.118. The van der Waals surface area contributed by atoms with Gasteiger partial charge in [0.1, 0.15) is 5.75 Å². The molecule has 6 nitrogen and oxygen atoms in total. The molecule has 1 N–H and O–H groups in total. The molecule has 0 spiro atoms. The predicted octanol–water partition coefficient (Wildman–Crippen LogP) is 3.18. The maximum absolute atomic E-state index is 12.8. The molecule has 0 fully saturated rings. The molecule has 26 heavy (non-hydrogen) atoms. The molecule has 0 aliphatic carbocycles. The van der Waals surface area contributed by atoms with Gasteiger partial charge in [0.2, 0.25) is 5.91 Å². The molecule has 1 aliphatic heterocycles. The van der Waals surface area contributed by atoms with E-state index in [4.69, 9.17) is 4.74 Å². The zero-order valence-electron chi connectivity index (χ0n) is 15.0. The van der Waals surface area contributed by atoms with Crippen molar-refractivity contribution in [3.05, 3.63) is 48.0 Å². The summed E-state index contributed by atoms with van der Waals surface area (Å²) in [5.74, 6) is 0.514. The van der Waals surface area contributed by atoms with E-state index in [-0.39, 0.29) is 16.9 Å². The summed E-state index contributed by atoms with van der Waals surface area (Å²) >= 11 is 0. The Bertz CT molecular complexity index is 938. The van der Waals surface area contributed by atoms with Crippen LogP contribution in [0.1, 0.15) is 25.8 Å². The molecule has 0 bridgehead atoms. The molecule has 0 atom stereocenters. The first-order chi connectivity index (χ1) is 12.3. The fraction of sp³-hybridized carbons (Fsp3) is 0.316. The summed E-state index contributed by atoms with van der Waals surface area (Å²) in [6, 6.07) is 11.8. The van der Waals surface area contributed by atoms with Crippen molar-refractivity contribution >= 4 is 27.3 Å². The van der Waals surface area contributed by atoms with Crippen LogP contribution in [-0.2, 0) is 21.2 Å². The number of fused-ring (bicyclic) bond motifs is 1. The summed E-state index contributed by atoms with van der Waals surface area (Å²) < 4.78 is 33.9. The molecule has 2 aromatic rings. The van der Waals surface area contributed by atoms with E-state index in [0.717, 1.165) is 11.3 Å². The second-order valence-corrected chi connectivity index (χ2v) is 8.19. The van der Waals surface area contributed by atoms with Crippen LogP contribution in [-0.4, -0.2) is 27.5 Å². The number of carbonyl (C=O) groups excluding carboxylic acids is 1. The third-order valence-corrected chi connectivity index (χ3v) is 5.56. The third kappa shape index (κ3) is 3.67. The number of ether oxygens (including phenoxy) is 1. The highest BCUT2D eigenvalue weighted by Gasteiger charge is 2.24. The summed E-state index contributed by atoms with van der Waals surface area (Å²) in [4.78, 5) is 13.5. The van der Waals surface area contributed by atoms with Crippen LogP contribution < -0.4 is 14.4 Å². The highest BCUT2D eigenvalue weighted by Crippen LogP contribution is 2.31. The molecule has 1 amide bonds. The van der Waals surface area contributed by atoms with E-state index >= 15 is 0 Å². The van der Waals surface area contributed by atoms with Crippen LogP contribution in [0.15, 0.2) is 47.4 Å². The van der Waals surface area contributed by atoms with Crippen molar-refractivity contribution in [2.75, 3.05) is 16.7 Å². The summed E-state index contributed by atoms with van der Waals surface area (Å²) in [7, 11) is -2.07. The van der Waals surface area contributed by atoms with Crippen molar-refractivity contribution < 1.29 is 17.9 Å². The number of anilines is 2. The van der Waals surface area contributed by atoms with Crippen LogP contribution in [0.4, 0.5) is 11.4 Å². The molecule has 1 heterocycles. The number of nitrogens with zero attached hydrogens (tertiary/aromatic N) is 1. The van der Waals surface area contributed by atoms with Gasteiger partial charge in [-0.05, 0) is 56.2 Å². The lowest BCUT2D eigenvalue weighted by Gasteiger charge is -2.26. The Morgan fingerprint density at radius 1 is 1.12 bits per heavy atom. The largest absolute Gasteiger partial charge is 0.489 e. The highest BCUT2D eigenvalue weighted by atomic mass is 32.2. The zero-order chi connectivity index (χ0) is 18.9. The van der Waals surface area contributed by atoms with Crippen molar-refractivity contribution in [1.29, 1.82) is 0 Å². The van der Waals surface area contributed by atoms with Gasteiger partial charge in [-0.2, -0.15) is 0 Å². The van der Waals surface area contributed by atoms with E-state index < -0.39 is 10.0 Å². The van der Waals surface area contributed by atoms with Crippen molar-refractivity contribution in [3.8, 4) is 5.75 Å². The molecule has 138 valence electrons. The highest BCUT2D eigenvalue weighted by molar-refractivity contribution is 7.92. The second kappa shape index (κ2) is 6.99. The van der Waals surface area contributed by atoms with Crippen LogP contribution in [0.25, 0.3) is 0 Å². The number of hydrogen-bond acceptors (Lipinski definition) is 4. The van der Waals surface area contributed by atoms with Gasteiger partial charge in [-0.1, -0.05) is 12.1 Å². The van der Waals surface area contributed by atoms with E-state index in [1.54, 1.807) is 48.3 Å².